The number of nitrogens with zero attached hydrogens (tertiary/aromatic N) is 5. The first-order chi connectivity index (χ1) is 13.4. The number of piperidine rings is 1. The smallest absolute Gasteiger partial charge is 0.278 e. The number of halogens is 1. The third kappa shape index (κ3) is 2.92. The van der Waals surface area contributed by atoms with Gasteiger partial charge >= 0.3 is 0 Å². The van der Waals surface area contributed by atoms with Gasteiger partial charge in [-0.2, -0.15) is 9.40 Å². The van der Waals surface area contributed by atoms with Crippen LogP contribution in [0.5, 0.6) is 0 Å². The van der Waals surface area contributed by atoms with Crippen LogP contribution in [0.1, 0.15) is 35.7 Å². The van der Waals surface area contributed by atoms with E-state index in [1.807, 2.05) is 0 Å². The first-order valence-electron chi connectivity index (χ1n) is 9.39. The molecule has 4 rings (SSSR count). The van der Waals surface area contributed by atoms with Gasteiger partial charge in [-0.05, 0) is 24.3 Å². The van der Waals surface area contributed by atoms with Crippen LogP contribution in [0.25, 0.3) is 5.65 Å². The summed E-state index contributed by atoms with van der Waals surface area (Å²) < 4.78 is 66.1. The molecule has 0 aromatic carbocycles. The molecule has 1 fully saturated rings. The lowest BCUT2D eigenvalue weighted by atomic mass is 9.91. The number of sulfonamides is 1. The van der Waals surface area contributed by atoms with Crippen LogP contribution < -0.4 is 0 Å². The number of pyridine rings is 1. The zero-order valence-corrected chi connectivity index (χ0v) is 14.6. The van der Waals surface area contributed by atoms with E-state index in [2.05, 4.69) is 15.1 Å². The standard InChI is InChI=1S/C15H16ClN5O3S/c1-10-17-7-15(24-10)25(22,23)20-4-2-11(3-5-20)12-8-21-14(6-13(12)16)18-9-19-21/h6-9,11H,2-5H2,1H3/i4D2,5D2. The van der Waals surface area contributed by atoms with Gasteiger partial charge in [-0.3, -0.25) is 0 Å². The second kappa shape index (κ2) is 6.08. The largest absolute Gasteiger partial charge is 0.428 e. The Morgan fingerprint density at radius 3 is 2.80 bits per heavy atom. The third-order valence-electron chi connectivity index (χ3n) is 3.89. The molecule has 1 saturated heterocycles. The van der Waals surface area contributed by atoms with E-state index in [0.717, 1.165) is 6.20 Å². The Labute approximate surface area is 155 Å². The van der Waals surface area contributed by atoms with Gasteiger partial charge in [0.1, 0.15) is 6.33 Å². The molecule has 0 aliphatic carbocycles. The van der Waals surface area contributed by atoms with Gasteiger partial charge in [0.05, 0.1) is 6.20 Å². The van der Waals surface area contributed by atoms with E-state index >= 15 is 0 Å². The summed E-state index contributed by atoms with van der Waals surface area (Å²) in [6.45, 7) is -3.66. The van der Waals surface area contributed by atoms with Gasteiger partial charge in [0.15, 0.2) is 11.5 Å². The molecule has 4 heterocycles. The molecule has 1 aliphatic rings. The van der Waals surface area contributed by atoms with E-state index in [-0.39, 0.29) is 28.1 Å². The predicted molar refractivity (Wildman–Crippen MR) is 90.0 cm³/mol. The minimum Gasteiger partial charge on any atom is -0.428 e. The Balaban J connectivity index is 1.76. The van der Waals surface area contributed by atoms with Gasteiger partial charge in [0.25, 0.3) is 15.1 Å². The molecule has 0 spiro atoms. The summed E-state index contributed by atoms with van der Waals surface area (Å²) in [6, 6.07) is 1.55. The van der Waals surface area contributed by atoms with Gasteiger partial charge < -0.3 is 4.42 Å². The highest BCUT2D eigenvalue weighted by Gasteiger charge is 2.33. The molecule has 0 radical (unpaired) electrons. The van der Waals surface area contributed by atoms with E-state index in [9.17, 15) is 8.42 Å². The molecule has 0 N–H and O–H groups in total. The fourth-order valence-corrected chi connectivity index (χ4v) is 3.99. The minimum atomic E-state index is -4.60. The molecular formula is C15H16ClN5O3S. The molecule has 8 nitrogen and oxygen atoms in total. The Morgan fingerprint density at radius 2 is 2.12 bits per heavy atom. The van der Waals surface area contributed by atoms with Crippen molar-refractivity contribution in [1.82, 2.24) is 23.9 Å². The number of rotatable bonds is 3. The van der Waals surface area contributed by atoms with Crippen molar-refractivity contribution in [3.8, 4) is 0 Å². The van der Waals surface area contributed by atoms with Crippen LogP contribution in [0, 0.1) is 6.92 Å². The van der Waals surface area contributed by atoms with E-state index < -0.39 is 34.0 Å². The third-order valence-corrected chi connectivity index (χ3v) is 5.65. The topological polar surface area (TPSA) is 93.6 Å². The van der Waals surface area contributed by atoms with Gasteiger partial charge in [-0.25, -0.2) is 22.9 Å². The number of oxazole rings is 1. The summed E-state index contributed by atoms with van der Waals surface area (Å²) in [5.74, 6) is -0.614. The molecule has 1 aliphatic heterocycles. The number of aromatic nitrogens is 4. The monoisotopic (exact) mass is 385 g/mol. The molecule has 3 aromatic heterocycles. The van der Waals surface area contributed by atoms with Crippen LogP contribution in [-0.4, -0.2) is 45.3 Å². The van der Waals surface area contributed by atoms with Gasteiger partial charge in [-0.1, -0.05) is 11.6 Å². The Morgan fingerprint density at radius 1 is 1.36 bits per heavy atom. The Hall–Kier alpha value is -1.97. The van der Waals surface area contributed by atoms with Gasteiger partial charge in [-0.15, -0.1) is 0 Å². The van der Waals surface area contributed by atoms with Crippen LogP contribution in [0.4, 0.5) is 0 Å². The SMILES string of the molecule is [2H]C1([2H])CC(c2cn3ncnc3cc2Cl)CC([2H])([2H])N1S(=O)(=O)c1cnc(C)o1. The molecule has 0 atom stereocenters. The van der Waals surface area contributed by atoms with Gasteiger partial charge in [0, 0.05) is 42.7 Å². The number of fused-ring (bicyclic) bond motifs is 1. The average Bonchev–Trinajstić information content (AvgIpc) is 3.19. The van der Waals surface area contributed by atoms with Crippen LogP contribution in [0.3, 0.4) is 0 Å². The van der Waals surface area contributed by atoms with Crippen LogP contribution in [-0.2, 0) is 10.0 Å². The van der Waals surface area contributed by atoms with E-state index in [1.54, 1.807) is 12.3 Å². The first kappa shape index (κ1) is 12.4. The van der Waals surface area contributed by atoms with Crippen molar-refractivity contribution in [2.24, 2.45) is 0 Å². The fraction of sp³-hybridized carbons (Fsp3) is 0.400. The molecule has 3 aromatic rings. The second-order valence-corrected chi connectivity index (χ2v) is 7.65. The van der Waals surface area contributed by atoms with Crippen molar-refractivity contribution in [3.63, 3.8) is 0 Å². The van der Waals surface area contributed by atoms with Crippen molar-refractivity contribution < 1.29 is 18.3 Å². The van der Waals surface area contributed by atoms with Crippen LogP contribution in [0.15, 0.2) is 34.3 Å². The normalized spacial score (nSPS) is 23.8. The second-order valence-electron chi connectivity index (χ2n) is 5.53. The summed E-state index contributed by atoms with van der Waals surface area (Å²) in [5, 5.41) is 3.69. The lowest BCUT2D eigenvalue weighted by Gasteiger charge is -2.30. The molecule has 0 bridgehead atoms. The quantitative estimate of drug-likeness (QED) is 0.686. The van der Waals surface area contributed by atoms with Crippen molar-refractivity contribution >= 4 is 27.3 Å². The highest BCUT2D eigenvalue weighted by atomic mass is 35.5. The van der Waals surface area contributed by atoms with Crippen molar-refractivity contribution in [1.29, 1.82) is 0 Å². The predicted octanol–water partition coefficient (Wildman–Crippen LogP) is 2.25. The molecule has 0 unspecified atom stereocenters. The van der Waals surface area contributed by atoms with Gasteiger partial charge in [0.2, 0.25) is 0 Å². The fourth-order valence-electron chi connectivity index (χ4n) is 2.61. The number of hydrogen-bond acceptors (Lipinski definition) is 6. The maximum Gasteiger partial charge on any atom is 0.278 e. The van der Waals surface area contributed by atoms with E-state index in [0.29, 0.717) is 11.2 Å². The maximum absolute atomic E-state index is 12.9. The zero-order chi connectivity index (χ0) is 21.2. The minimum absolute atomic E-state index is 0.0764. The molecule has 0 amide bonds. The van der Waals surface area contributed by atoms with Crippen LogP contribution in [0.2, 0.25) is 5.02 Å². The summed E-state index contributed by atoms with van der Waals surface area (Å²) in [4.78, 5) is 7.74. The highest BCUT2D eigenvalue weighted by Crippen LogP contribution is 2.34. The molecule has 10 heteroatoms. The summed E-state index contributed by atoms with van der Waals surface area (Å²) in [5.41, 5.74) is 0.954. The summed E-state index contributed by atoms with van der Waals surface area (Å²) >= 11 is 6.32. The lowest BCUT2D eigenvalue weighted by Crippen LogP contribution is -2.37. The van der Waals surface area contributed by atoms with Crippen molar-refractivity contribution in [3.05, 3.63) is 41.3 Å². The summed E-state index contributed by atoms with van der Waals surface area (Å²) in [6.07, 6.45) is 3.23. The molecule has 25 heavy (non-hydrogen) atoms. The Kier molecular flexibility index (Phi) is 3.01. The van der Waals surface area contributed by atoms with E-state index in [1.165, 1.54) is 17.8 Å². The highest BCUT2D eigenvalue weighted by molar-refractivity contribution is 7.89. The van der Waals surface area contributed by atoms with Crippen molar-refractivity contribution in [2.45, 2.75) is 30.8 Å². The molecule has 0 saturated carbocycles. The Bertz CT molecular complexity index is 1180. The average molecular weight is 386 g/mol. The first-order valence-corrected chi connectivity index (χ1v) is 9.20. The summed E-state index contributed by atoms with van der Waals surface area (Å²) in [7, 11) is -4.60. The molecular weight excluding hydrogens is 366 g/mol. The zero-order valence-electron chi connectivity index (χ0n) is 17.0. The van der Waals surface area contributed by atoms with Crippen LogP contribution >= 0.6 is 11.6 Å². The van der Waals surface area contributed by atoms with E-state index in [4.69, 9.17) is 21.5 Å². The number of hydrogen-bond donors (Lipinski definition) is 0. The lowest BCUT2D eigenvalue weighted by molar-refractivity contribution is 0.307. The number of aryl methyl sites for hydroxylation is 1. The van der Waals surface area contributed by atoms with Crippen molar-refractivity contribution in [2.75, 3.05) is 13.0 Å². The molecule has 132 valence electrons. The maximum atomic E-state index is 12.9.